The molecule has 0 saturated carbocycles. The van der Waals surface area contributed by atoms with Crippen LogP contribution in [-0.2, 0) is 9.59 Å². The Bertz CT molecular complexity index is 1340. The first kappa shape index (κ1) is 23.1. The van der Waals surface area contributed by atoms with Crippen molar-refractivity contribution in [2.75, 3.05) is 24.4 Å². The van der Waals surface area contributed by atoms with Gasteiger partial charge >= 0.3 is 0 Å². The first-order valence-electron chi connectivity index (χ1n) is 11.0. The fourth-order valence-corrected chi connectivity index (χ4v) is 3.97. The first-order chi connectivity index (χ1) is 16.2. The van der Waals surface area contributed by atoms with Crippen molar-refractivity contribution < 1.29 is 19.1 Å². The largest absolute Gasteiger partial charge is 0.493 e. The van der Waals surface area contributed by atoms with Gasteiger partial charge < -0.3 is 14.8 Å². The number of carbonyl (C=O) groups is 2. The van der Waals surface area contributed by atoms with Gasteiger partial charge in [-0.2, -0.15) is 0 Å². The number of anilines is 2. The van der Waals surface area contributed by atoms with E-state index >= 15 is 0 Å². The van der Waals surface area contributed by atoms with Gasteiger partial charge in [0, 0.05) is 11.8 Å². The summed E-state index contributed by atoms with van der Waals surface area (Å²) < 4.78 is 10.7. The highest BCUT2D eigenvalue weighted by Gasteiger charge is 2.40. The molecule has 1 N–H and O–H groups in total. The number of methoxy groups -OCH3 is 2. The summed E-state index contributed by atoms with van der Waals surface area (Å²) >= 11 is 0. The number of imide groups is 1. The molecule has 0 aliphatic carbocycles. The molecule has 3 aromatic carbocycles. The molecule has 0 fully saturated rings. The zero-order valence-electron chi connectivity index (χ0n) is 20.3. The van der Waals surface area contributed by atoms with Crippen LogP contribution < -0.4 is 19.7 Å². The average Bonchev–Trinajstić information content (AvgIpc) is 3.06. The zero-order chi connectivity index (χ0) is 24.6. The maximum absolute atomic E-state index is 13.7. The molecular weight excluding hydrogens is 428 g/mol. The number of rotatable bonds is 6. The number of carbonyl (C=O) groups excluding carboxylic acids is 2. The van der Waals surface area contributed by atoms with E-state index in [4.69, 9.17) is 9.47 Å². The highest BCUT2D eigenvalue weighted by molar-refractivity contribution is 6.46. The standard InChI is InChI=1S/C28H28N2O4/c1-16-7-9-20(13-18(16)3)25-26(29-21-10-12-23(33-5)24(15-21)34-6)28(32)30(27(25)31)22-11-8-17(2)19(4)14-22/h7-15,29H,1-6H3. The van der Waals surface area contributed by atoms with Gasteiger partial charge in [-0.25, -0.2) is 4.90 Å². The van der Waals surface area contributed by atoms with Crippen LogP contribution in [-0.4, -0.2) is 26.0 Å². The molecule has 0 spiro atoms. The summed E-state index contributed by atoms with van der Waals surface area (Å²) in [5.41, 5.74) is 6.65. The van der Waals surface area contributed by atoms with Gasteiger partial charge in [0.25, 0.3) is 11.8 Å². The Morgan fingerprint density at radius 2 is 1.32 bits per heavy atom. The fraction of sp³-hybridized carbons (Fsp3) is 0.214. The molecule has 6 heteroatoms. The van der Waals surface area contributed by atoms with Gasteiger partial charge in [0.2, 0.25) is 0 Å². The highest BCUT2D eigenvalue weighted by atomic mass is 16.5. The molecule has 1 aliphatic heterocycles. The molecule has 0 radical (unpaired) electrons. The van der Waals surface area contributed by atoms with Gasteiger partial charge in [-0.3, -0.25) is 9.59 Å². The number of amides is 2. The third kappa shape index (κ3) is 4.03. The molecule has 0 saturated heterocycles. The van der Waals surface area contributed by atoms with Crippen LogP contribution in [0.3, 0.4) is 0 Å². The Labute approximate surface area is 199 Å². The summed E-state index contributed by atoms with van der Waals surface area (Å²) in [4.78, 5) is 28.6. The molecule has 6 nitrogen and oxygen atoms in total. The number of ether oxygens (including phenoxy) is 2. The van der Waals surface area contributed by atoms with E-state index in [2.05, 4.69) is 5.32 Å². The molecular formula is C28H28N2O4. The Balaban J connectivity index is 1.84. The van der Waals surface area contributed by atoms with Crippen molar-refractivity contribution in [2.45, 2.75) is 27.7 Å². The maximum Gasteiger partial charge on any atom is 0.282 e. The molecule has 1 aliphatic rings. The summed E-state index contributed by atoms with van der Waals surface area (Å²) in [6, 6.07) is 16.6. The first-order valence-corrected chi connectivity index (χ1v) is 11.0. The van der Waals surface area contributed by atoms with Crippen molar-refractivity contribution >= 4 is 28.8 Å². The normalized spacial score (nSPS) is 13.5. The van der Waals surface area contributed by atoms with Crippen molar-refractivity contribution in [1.29, 1.82) is 0 Å². The predicted molar refractivity (Wildman–Crippen MR) is 134 cm³/mol. The molecule has 174 valence electrons. The van der Waals surface area contributed by atoms with Gasteiger partial charge in [0.15, 0.2) is 11.5 Å². The Hall–Kier alpha value is -4.06. The second-order valence-electron chi connectivity index (χ2n) is 8.46. The quantitative estimate of drug-likeness (QED) is 0.508. The molecule has 1 heterocycles. The van der Waals surface area contributed by atoms with E-state index in [0.717, 1.165) is 22.3 Å². The van der Waals surface area contributed by atoms with Gasteiger partial charge in [-0.05, 0) is 79.8 Å². The SMILES string of the molecule is COc1ccc(NC2=C(c3ccc(C)c(C)c3)C(=O)N(c3ccc(C)c(C)c3)C2=O)cc1OC. The summed E-state index contributed by atoms with van der Waals surface area (Å²) in [5, 5.41) is 3.19. The monoisotopic (exact) mass is 456 g/mol. The number of hydrogen-bond donors (Lipinski definition) is 1. The lowest BCUT2D eigenvalue weighted by atomic mass is 9.99. The van der Waals surface area contributed by atoms with E-state index in [1.807, 2.05) is 58.0 Å². The maximum atomic E-state index is 13.7. The molecule has 0 unspecified atom stereocenters. The number of aryl methyl sites for hydroxylation is 4. The molecule has 0 atom stereocenters. The number of nitrogens with zero attached hydrogens (tertiary/aromatic N) is 1. The minimum atomic E-state index is -0.406. The molecule has 4 rings (SSSR count). The Morgan fingerprint density at radius 1 is 0.676 bits per heavy atom. The van der Waals surface area contributed by atoms with E-state index < -0.39 is 5.91 Å². The van der Waals surface area contributed by atoms with Crippen LogP contribution in [0.25, 0.3) is 5.57 Å². The lowest BCUT2D eigenvalue weighted by Crippen LogP contribution is -2.32. The van der Waals surface area contributed by atoms with Crippen LogP contribution >= 0.6 is 0 Å². The van der Waals surface area contributed by atoms with Gasteiger partial charge in [-0.15, -0.1) is 0 Å². The zero-order valence-corrected chi connectivity index (χ0v) is 20.3. The van der Waals surface area contributed by atoms with E-state index in [0.29, 0.717) is 34.0 Å². The average molecular weight is 457 g/mol. The third-order valence-electron chi connectivity index (χ3n) is 6.28. The van der Waals surface area contributed by atoms with Crippen LogP contribution in [0.2, 0.25) is 0 Å². The van der Waals surface area contributed by atoms with Crippen LogP contribution in [0.4, 0.5) is 11.4 Å². The summed E-state index contributed by atoms with van der Waals surface area (Å²) in [6.07, 6.45) is 0. The lowest BCUT2D eigenvalue weighted by Gasteiger charge is -2.17. The Morgan fingerprint density at radius 3 is 1.94 bits per heavy atom. The lowest BCUT2D eigenvalue weighted by molar-refractivity contribution is -0.120. The van der Waals surface area contributed by atoms with Crippen molar-refractivity contribution in [2.24, 2.45) is 0 Å². The van der Waals surface area contributed by atoms with Crippen molar-refractivity contribution in [1.82, 2.24) is 0 Å². The predicted octanol–water partition coefficient (Wildman–Crippen LogP) is 5.33. The number of benzene rings is 3. The summed E-state index contributed by atoms with van der Waals surface area (Å²) in [7, 11) is 3.11. The van der Waals surface area contributed by atoms with E-state index in [1.54, 1.807) is 38.5 Å². The van der Waals surface area contributed by atoms with E-state index in [-0.39, 0.29) is 11.6 Å². The minimum Gasteiger partial charge on any atom is -0.493 e. The molecule has 34 heavy (non-hydrogen) atoms. The van der Waals surface area contributed by atoms with Gasteiger partial charge in [0.05, 0.1) is 25.5 Å². The van der Waals surface area contributed by atoms with Crippen molar-refractivity contribution in [3.8, 4) is 11.5 Å². The van der Waals surface area contributed by atoms with Crippen LogP contribution in [0.15, 0.2) is 60.3 Å². The second kappa shape index (κ2) is 9.06. The van der Waals surface area contributed by atoms with Crippen LogP contribution in [0.1, 0.15) is 27.8 Å². The van der Waals surface area contributed by atoms with Crippen molar-refractivity contribution in [3.05, 3.63) is 88.1 Å². The Kier molecular flexibility index (Phi) is 6.16. The molecule has 0 aromatic heterocycles. The summed E-state index contributed by atoms with van der Waals surface area (Å²) in [5.74, 6) is 0.321. The molecule has 2 amide bonds. The fourth-order valence-electron chi connectivity index (χ4n) is 3.97. The van der Waals surface area contributed by atoms with Crippen LogP contribution in [0, 0.1) is 27.7 Å². The number of nitrogens with one attached hydrogen (secondary N) is 1. The van der Waals surface area contributed by atoms with Gasteiger partial charge in [0.1, 0.15) is 5.70 Å². The minimum absolute atomic E-state index is 0.221. The van der Waals surface area contributed by atoms with Crippen molar-refractivity contribution in [3.63, 3.8) is 0 Å². The molecule has 3 aromatic rings. The second-order valence-corrected chi connectivity index (χ2v) is 8.46. The third-order valence-corrected chi connectivity index (χ3v) is 6.28. The smallest absolute Gasteiger partial charge is 0.282 e. The van der Waals surface area contributed by atoms with Crippen LogP contribution in [0.5, 0.6) is 11.5 Å². The highest BCUT2D eigenvalue weighted by Crippen LogP contribution is 2.36. The van der Waals surface area contributed by atoms with Gasteiger partial charge in [-0.1, -0.05) is 24.3 Å². The van der Waals surface area contributed by atoms with E-state index in [9.17, 15) is 9.59 Å². The topological polar surface area (TPSA) is 67.9 Å². The van der Waals surface area contributed by atoms with E-state index in [1.165, 1.54) is 4.90 Å². The summed E-state index contributed by atoms with van der Waals surface area (Å²) in [6.45, 7) is 7.96. The number of hydrogen-bond acceptors (Lipinski definition) is 5. The molecule has 0 bridgehead atoms.